The molecule has 2 saturated heterocycles. The van der Waals surface area contributed by atoms with Crippen LogP contribution in [0.4, 0.5) is 0 Å². The minimum Gasteiger partial charge on any atom is -0.360 e. The largest absolute Gasteiger partial charge is 0.360 e. The van der Waals surface area contributed by atoms with E-state index in [1.807, 2.05) is 35.2 Å². The average molecular weight is 311 g/mol. The molecule has 0 bridgehead atoms. The zero-order valence-corrected chi connectivity index (χ0v) is 13.1. The highest BCUT2D eigenvalue weighted by molar-refractivity contribution is 5.92. The Bertz CT molecular complexity index is 683. The fraction of sp³-hybridized carbons (Fsp3) is 0.444. The van der Waals surface area contributed by atoms with E-state index in [1.54, 1.807) is 6.07 Å². The average Bonchev–Trinajstić information content (AvgIpc) is 3.22. The molecule has 0 aliphatic carbocycles. The van der Waals surface area contributed by atoms with Crippen LogP contribution in [0.15, 0.2) is 40.9 Å². The standard InChI is InChI=1S/C18H21N3O2/c22-18(21-9-7-14-6-8-19-12-17(14)21)16-11-15(23-20-16)10-13-4-2-1-3-5-13/h1-5,11,14,17,19H,6-10,12H2. The van der Waals surface area contributed by atoms with E-state index >= 15 is 0 Å². The van der Waals surface area contributed by atoms with Crippen molar-refractivity contribution in [3.05, 3.63) is 53.4 Å². The number of nitrogens with one attached hydrogen (secondary N) is 1. The summed E-state index contributed by atoms with van der Waals surface area (Å²) in [7, 11) is 0. The van der Waals surface area contributed by atoms with Crippen molar-refractivity contribution >= 4 is 5.91 Å². The molecule has 2 aromatic rings. The topological polar surface area (TPSA) is 58.4 Å². The van der Waals surface area contributed by atoms with E-state index in [9.17, 15) is 4.79 Å². The molecule has 1 aromatic heterocycles. The van der Waals surface area contributed by atoms with Crippen LogP contribution in [-0.2, 0) is 6.42 Å². The second kappa shape index (κ2) is 6.16. The minimum atomic E-state index is 0.00395. The molecule has 1 N–H and O–H groups in total. The molecule has 4 rings (SSSR count). The molecule has 5 heteroatoms. The number of carbonyl (C=O) groups is 1. The maximum atomic E-state index is 12.7. The molecule has 23 heavy (non-hydrogen) atoms. The number of hydrogen-bond acceptors (Lipinski definition) is 4. The maximum Gasteiger partial charge on any atom is 0.276 e. The SMILES string of the molecule is O=C(c1cc(Cc2ccccc2)on1)N1CCC2CCNCC21. The Kier molecular flexibility index (Phi) is 3.87. The first-order chi connectivity index (χ1) is 11.3. The van der Waals surface area contributed by atoms with Gasteiger partial charge >= 0.3 is 0 Å². The van der Waals surface area contributed by atoms with Crippen LogP contribution in [-0.4, -0.2) is 41.6 Å². The predicted octanol–water partition coefficient (Wildman–Crippen LogP) is 2.09. The number of hydrogen-bond donors (Lipinski definition) is 1. The third kappa shape index (κ3) is 2.88. The molecule has 0 spiro atoms. The zero-order chi connectivity index (χ0) is 15.6. The summed E-state index contributed by atoms with van der Waals surface area (Å²) in [5.74, 6) is 1.37. The Morgan fingerprint density at radius 2 is 2.17 bits per heavy atom. The van der Waals surface area contributed by atoms with Gasteiger partial charge in [0.05, 0.1) is 0 Å². The van der Waals surface area contributed by atoms with E-state index in [0.717, 1.165) is 43.8 Å². The maximum absolute atomic E-state index is 12.7. The molecule has 2 aliphatic rings. The Balaban J connectivity index is 1.47. The number of aromatic nitrogens is 1. The van der Waals surface area contributed by atoms with Gasteiger partial charge in [0.2, 0.25) is 0 Å². The fourth-order valence-electron chi connectivity index (χ4n) is 3.76. The fourth-order valence-corrected chi connectivity index (χ4v) is 3.76. The van der Waals surface area contributed by atoms with E-state index in [0.29, 0.717) is 24.1 Å². The van der Waals surface area contributed by atoms with Gasteiger partial charge in [-0.05, 0) is 30.9 Å². The van der Waals surface area contributed by atoms with Gasteiger partial charge in [0.25, 0.3) is 5.91 Å². The molecular weight excluding hydrogens is 290 g/mol. The molecule has 2 unspecified atom stereocenters. The van der Waals surface area contributed by atoms with Gasteiger partial charge in [-0.1, -0.05) is 35.5 Å². The summed E-state index contributed by atoms with van der Waals surface area (Å²) < 4.78 is 5.37. The summed E-state index contributed by atoms with van der Waals surface area (Å²) in [6, 6.07) is 12.2. The van der Waals surface area contributed by atoms with Crippen molar-refractivity contribution in [3.8, 4) is 0 Å². The van der Waals surface area contributed by atoms with Gasteiger partial charge in [0, 0.05) is 31.6 Å². The third-order valence-corrected chi connectivity index (χ3v) is 4.99. The number of piperidine rings is 1. The van der Waals surface area contributed by atoms with Gasteiger partial charge in [0.1, 0.15) is 5.76 Å². The highest BCUT2D eigenvalue weighted by atomic mass is 16.5. The highest BCUT2D eigenvalue weighted by Gasteiger charge is 2.39. The monoisotopic (exact) mass is 311 g/mol. The lowest BCUT2D eigenvalue weighted by molar-refractivity contribution is 0.0692. The summed E-state index contributed by atoms with van der Waals surface area (Å²) in [4.78, 5) is 14.7. The van der Waals surface area contributed by atoms with E-state index < -0.39 is 0 Å². The van der Waals surface area contributed by atoms with Crippen molar-refractivity contribution < 1.29 is 9.32 Å². The van der Waals surface area contributed by atoms with Gasteiger partial charge < -0.3 is 14.7 Å². The Labute approximate surface area is 135 Å². The molecule has 2 fully saturated rings. The number of nitrogens with zero attached hydrogens (tertiary/aromatic N) is 2. The predicted molar refractivity (Wildman–Crippen MR) is 86.2 cm³/mol. The van der Waals surface area contributed by atoms with Gasteiger partial charge in [-0.3, -0.25) is 4.79 Å². The van der Waals surface area contributed by atoms with Crippen molar-refractivity contribution in [2.24, 2.45) is 5.92 Å². The first-order valence-corrected chi connectivity index (χ1v) is 8.32. The van der Waals surface area contributed by atoms with Crippen LogP contribution in [0.5, 0.6) is 0 Å². The Hall–Kier alpha value is -2.14. The summed E-state index contributed by atoms with van der Waals surface area (Å²) in [5, 5.41) is 7.40. The van der Waals surface area contributed by atoms with Crippen LogP contribution in [0.2, 0.25) is 0 Å². The molecule has 0 radical (unpaired) electrons. The summed E-state index contributed by atoms with van der Waals surface area (Å²) in [6.07, 6.45) is 2.92. The van der Waals surface area contributed by atoms with Gasteiger partial charge in [-0.2, -0.15) is 0 Å². The molecule has 5 nitrogen and oxygen atoms in total. The summed E-state index contributed by atoms with van der Waals surface area (Å²) >= 11 is 0. The van der Waals surface area contributed by atoms with Crippen LogP contribution >= 0.6 is 0 Å². The van der Waals surface area contributed by atoms with E-state index in [1.165, 1.54) is 0 Å². The molecular formula is C18H21N3O2. The Morgan fingerprint density at radius 3 is 3.04 bits per heavy atom. The molecule has 120 valence electrons. The van der Waals surface area contributed by atoms with E-state index in [4.69, 9.17) is 4.52 Å². The number of likely N-dealkylation sites (tertiary alicyclic amines) is 1. The first-order valence-electron chi connectivity index (χ1n) is 8.32. The lowest BCUT2D eigenvalue weighted by atomic mass is 9.93. The van der Waals surface area contributed by atoms with Crippen molar-refractivity contribution in [1.82, 2.24) is 15.4 Å². The second-order valence-corrected chi connectivity index (χ2v) is 6.45. The van der Waals surface area contributed by atoms with E-state index in [-0.39, 0.29) is 5.91 Å². The number of benzene rings is 1. The quantitative estimate of drug-likeness (QED) is 0.943. The Morgan fingerprint density at radius 1 is 1.30 bits per heavy atom. The molecule has 2 atom stereocenters. The second-order valence-electron chi connectivity index (χ2n) is 6.45. The van der Waals surface area contributed by atoms with Crippen molar-refractivity contribution in [1.29, 1.82) is 0 Å². The van der Waals surface area contributed by atoms with Crippen LogP contribution in [0.25, 0.3) is 0 Å². The van der Waals surface area contributed by atoms with Crippen LogP contribution in [0.3, 0.4) is 0 Å². The first kappa shape index (κ1) is 14.5. The van der Waals surface area contributed by atoms with Crippen LogP contribution in [0, 0.1) is 5.92 Å². The molecule has 3 heterocycles. The van der Waals surface area contributed by atoms with Crippen molar-refractivity contribution in [3.63, 3.8) is 0 Å². The molecule has 1 aromatic carbocycles. The van der Waals surface area contributed by atoms with Gasteiger partial charge in [-0.15, -0.1) is 0 Å². The van der Waals surface area contributed by atoms with Gasteiger partial charge in [0.15, 0.2) is 5.69 Å². The van der Waals surface area contributed by atoms with Crippen LogP contribution < -0.4 is 5.32 Å². The molecule has 1 amide bonds. The normalized spacial score (nSPS) is 23.7. The number of rotatable bonds is 3. The highest BCUT2D eigenvalue weighted by Crippen LogP contribution is 2.30. The van der Waals surface area contributed by atoms with Crippen molar-refractivity contribution in [2.45, 2.75) is 25.3 Å². The third-order valence-electron chi connectivity index (χ3n) is 4.99. The molecule has 0 saturated carbocycles. The lowest BCUT2D eigenvalue weighted by Gasteiger charge is -2.31. The summed E-state index contributed by atoms with van der Waals surface area (Å²) in [6.45, 7) is 2.79. The number of carbonyl (C=O) groups excluding carboxylic acids is 1. The zero-order valence-electron chi connectivity index (χ0n) is 13.1. The smallest absolute Gasteiger partial charge is 0.276 e. The summed E-state index contributed by atoms with van der Waals surface area (Å²) in [5.41, 5.74) is 1.59. The number of fused-ring (bicyclic) bond motifs is 1. The lowest BCUT2D eigenvalue weighted by Crippen LogP contribution is -2.48. The van der Waals surface area contributed by atoms with Crippen molar-refractivity contribution in [2.75, 3.05) is 19.6 Å². The van der Waals surface area contributed by atoms with Gasteiger partial charge in [-0.25, -0.2) is 0 Å². The number of amides is 1. The van der Waals surface area contributed by atoms with E-state index in [2.05, 4.69) is 10.5 Å². The van der Waals surface area contributed by atoms with Crippen LogP contribution in [0.1, 0.15) is 34.7 Å². The molecule has 2 aliphatic heterocycles. The minimum absolute atomic E-state index is 0.00395.